The number of nitrogens with one attached hydrogen (secondary N) is 1. The number of benzene rings is 2. The van der Waals surface area contributed by atoms with E-state index < -0.39 is 36.0 Å². The molecule has 1 atom stereocenters. The Balaban J connectivity index is 1.90. The second-order valence-electron chi connectivity index (χ2n) is 7.33. The maximum absolute atomic E-state index is 13.2. The Hall–Kier alpha value is -4.15. The Morgan fingerprint density at radius 2 is 1.76 bits per heavy atom. The minimum atomic E-state index is -5.16. The van der Waals surface area contributed by atoms with Gasteiger partial charge < -0.3 is 15.8 Å². The minimum Gasteiger partial charge on any atom is -0.497 e. The molecule has 0 saturated heterocycles. The summed E-state index contributed by atoms with van der Waals surface area (Å²) in [7, 11) is 1.48. The number of halogens is 3. The Morgan fingerprint density at radius 1 is 1.12 bits per heavy atom. The standard InChI is InChI=1S/C23H21F3N4O4/c1-34-16-9-7-15(8-10-16)21-28-12-17(27)22(33)30(21)13-19(31)29-18(20(32)23(24,25)26)11-14-5-3-2-4-6-14/h2-10,12,18H,11,13,27H2,1H3,(H,29,31). The zero-order chi connectivity index (χ0) is 24.9. The van der Waals surface area contributed by atoms with Crippen molar-refractivity contribution in [2.45, 2.75) is 25.2 Å². The third-order valence-electron chi connectivity index (χ3n) is 4.94. The molecule has 3 N–H and O–H groups in total. The average Bonchev–Trinajstić information content (AvgIpc) is 2.81. The van der Waals surface area contributed by atoms with Crippen LogP contribution in [0.3, 0.4) is 0 Å². The van der Waals surface area contributed by atoms with Crippen molar-refractivity contribution >= 4 is 17.4 Å². The lowest BCUT2D eigenvalue weighted by Gasteiger charge is -2.20. The van der Waals surface area contributed by atoms with Crippen LogP contribution in [0.15, 0.2) is 65.6 Å². The first-order chi connectivity index (χ1) is 16.1. The van der Waals surface area contributed by atoms with E-state index in [2.05, 4.69) is 10.3 Å². The van der Waals surface area contributed by atoms with Crippen LogP contribution in [0, 0.1) is 0 Å². The highest BCUT2D eigenvalue weighted by molar-refractivity contribution is 5.93. The van der Waals surface area contributed by atoms with Crippen molar-refractivity contribution in [1.82, 2.24) is 14.9 Å². The molecule has 0 radical (unpaired) electrons. The van der Waals surface area contributed by atoms with Crippen molar-refractivity contribution < 1.29 is 27.5 Å². The third kappa shape index (κ3) is 5.80. The number of anilines is 1. The summed E-state index contributed by atoms with van der Waals surface area (Å²) in [5.41, 5.74) is 5.51. The molecule has 2 aromatic carbocycles. The highest BCUT2D eigenvalue weighted by Gasteiger charge is 2.43. The quantitative estimate of drug-likeness (QED) is 0.518. The van der Waals surface area contributed by atoms with Gasteiger partial charge in [-0.1, -0.05) is 30.3 Å². The molecule has 0 fully saturated rings. The summed E-state index contributed by atoms with van der Waals surface area (Å²) in [4.78, 5) is 41.4. The largest absolute Gasteiger partial charge is 0.497 e. The van der Waals surface area contributed by atoms with Crippen LogP contribution in [0.25, 0.3) is 11.4 Å². The molecule has 3 rings (SSSR count). The van der Waals surface area contributed by atoms with E-state index in [4.69, 9.17) is 10.5 Å². The van der Waals surface area contributed by atoms with Gasteiger partial charge in [-0.3, -0.25) is 19.0 Å². The van der Waals surface area contributed by atoms with Gasteiger partial charge in [0.15, 0.2) is 0 Å². The second kappa shape index (κ2) is 10.2. The predicted molar refractivity (Wildman–Crippen MR) is 118 cm³/mol. The van der Waals surface area contributed by atoms with Crippen LogP contribution in [0.2, 0.25) is 0 Å². The monoisotopic (exact) mass is 474 g/mol. The molecule has 0 bridgehead atoms. The molecular weight excluding hydrogens is 453 g/mol. The fourth-order valence-corrected chi connectivity index (χ4v) is 3.26. The minimum absolute atomic E-state index is 0.0683. The molecule has 1 heterocycles. The van der Waals surface area contributed by atoms with Crippen molar-refractivity contribution in [3.05, 3.63) is 76.7 Å². The molecule has 0 aliphatic rings. The molecule has 11 heteroatoms. The molecule has 178 valence electrons. The van der Waals surface area contributed by atoms with Crippen LogP contribution in [0.4, 0.5) is 18.9 Å². The summed E-state index contributed by atoms with van der Waals surface area (Å²) >= 11 is 0. The number of hydrogen-bond acceptors (Lipinski definition) is 6. The molecule has 0 aliphatic carbocycles. The number of rotatable bonds is 8. The number of aromatic nitrogens is 2. The number of Topliss-reactive ketones (excluding diaryl/α,β-unsaturated/α-hetero) is 1. The molecule has 0 saturated carbocycles. The first-order valence-corrected chi connectivity index (χ1v) is 10.0. The van der Waals surface area contributed by atoms with Crippen molar-refractivity contribution in [2.24, 2.45) is 0 Å². The number of nitrogens with zero attached hydrogens (tertiary/aromatic N) is 2. The normalized spacial score (nSPS) is 12.1. The summed E-state index contributed by atoms with van der Waals surface area (Å²) < 4.78 is 45.5. The van der Waals surface area contributed by atoms with Crippen LogP contribution in [0.1, 0.15) is 5.56 Å². The van der Waals surface area contributed by atoms with Crippen LogP contribution < -0.4 is 21.3 Å². The third-order valence-corrected chi connectivity index (χ3v) is 4.94. The fourth-order valence-electron chi connectivity index (χ4n) is 3.26. The van der Waals surface area contributed by atoms with Crippen molar-refractivity contribution in [1.29, 1.82) is 0 Å². The molecule has 34 heavy (non-hydrogen) atoms. The van der Waals surface area contributed by atoms with Gasteiger partial charge in [0.1, 0.15) is 29.8 Å². The first-order valence-electron chi connectivity index (χ1n) is 10.0. The van der Waals surface area contributed by atoms with E-state index in [1.54, 1.807) is 42.5 Å². The highest BCUT2D eigenvalue weighted by Crippen LogP contribution is 2.21. The lowest BCUT2D eigenvalue weighted by Crippen LogP contribution is -2.49. The summed E-state index contributed by atoms with van der Waals surface area (Å²) in [5.74, 6) is -2.47. The van der Waals surface area contributed by atoms with Gasteiger partial charge in [-0.05, 0) is 29.8 Å². The molecule has 0 aliphatic heterocycles. The van der Waals surface area contributed by atoms with E-state index in [-0.39, 0.29) is 17.9 Å². The van der Waals surface area contributed by atoms with Gasteiger partial charge in [-0.25, -0.2) is 4.98 Å². The molecular formula is C23H21F3N4O4. The number of alkyl halides is 3. The summed E-state index contributed by atoms with van der Waals surface area (Å²) in [6, 6.07) is 12.5. The number of carbonyl (C=O) groups is 2. The van der Waals surface area contributed by atoms with E-state index in [9.17, 15) is 27.6 Å². The summed E-state index contributed by atoms with van der Waals surface area (Å²) in [6.07, 6.45) is -4.40. The molecule has 0 spiro atoms. The average molecular weight is 474 g/mol. The predicted octanol–water partition coefficient (Wildman–Crippen LogP) is 2.36. The Morgan fingerprint density at radius 3 is 2.35 bits per heavy atom. The van der Waals surface area contributed by atoms with Crippen LogP contribution in [-0.2, 0) is 22.6 Å². The zero-order valence-electron chi connectivity index (χ0n) is 18.0. The van der Waals surface area contributed by atoms with Gasteiger partial charge in [0.25, 0.3) is 11.3 Å². The van der Waals surface area contributed by atoms with E-state index >= 15 is 0 Å². The maximum Gasteiger partial charge on any atom is 0.452 e. The fraction of sp³-hybridized carbons (Fsp3) is 0.217. The topological polar surface area (TPSA) is 116 Å². The SMILES string of the molecule is COc1ccc(-c2ncc(N)c(=O)n2CC(=O)NC(Cc2ccccc2)C(=O)C(F)(F)F)cc1. The molecule has 1 unspecified atom stereocenters. The Bertz CT molecular complexity index is 1230. The number of ketones is 1. The van der Waals surface area contributed by atoms with E-state index in [0.29, 0.717) is 16.9 Å². The molecule has 1 aromatic heterocycles. The van der Waals surface area contributed by atoms with Gasteiger partial charge in [0.2, 0.25) is 5.91 Å². The van der Waals surface area contributed by atoms with Gasteiger partial charge in [0, 0.05) is 12.0 Å². The number of amides is 1. The number of ether oxygens (including phenoxy) is 1. The van der Waals surface area contributed by atoms with Crippen LogP contribution in [0.5, 0.6) is 5.75 Å². The van der Waals surface area contributed by atoms with Crippen molar-refractivity contribution in [3.8, 4) is 17.1 Å². The van der Waals surface area contributed by atoms with Crippen molar-refractivity contribution in [3.63, 3.8) is 0 Å². The maximum atomic E-state index is 13.2. The highest BCUT2D eigenvalue weighted by atomic mass is 19.4. The van der Waals surface area contributed by atoms with Gasteiger partial charge in [-0.2, -0.15) is 13.2 Å². The zero-order valence-corrected chi connectivity index (χ0v) is 18.0. The lowest BCUT2D eigenvalue weighted by molar-refractivity contribution is -0.173. The Labute approximate surface area is 192 Å². The van der Waals surface area contributed by atoms with Gasteiger partial charge in [-0.15, -0.1) is 0 Å². The van der Waals surface area contributed by atoms with Gasteiger partial charge >= 0.3 is 6.18 Å². The number of methoxy groups -OCH3 is 1. The number of nitrogens with two attached hydrogens (primary N) is 1. The molecule has 3 aromatic rings. The van der Waals surface area contributed by atoms with Crippen LogP contribution in [-0.4, -0.2) is 40.6 Å². The first kappa shape index (κ1) is 24.5. The number of nitrogen functional groups attached to an aromatic ring is 1. The van der Waals surface area contributed by atoms with Crippen LogP contribution >= 0.6 is 0 Å². The van der Waals surface area contributed by atoms with E-state index in [1.165, 1.54) is 19.2 Å². The second-order valence-corrected chi connectivity index (χ2v) is 7.33. The number of hydrogen-bond donors (Lipinski definition) is 2. The van der Waals surface area contributed by atoms with Crippen molar-refractivity contribution in [2.75, 3.05) is 12.8 Å². The van der Waals surface area contributed by atoms with E-state index in [0.717, 1.165) is 10.8 Å². The molecule has 1 amide bonds. The Kier molecular flexibility index (Phi) is 7.34. The molecule has 8 nitrogen and oxygen atoms in total. The van der Waals surface area contributed by atoms with Gasteiger partial charge in [0.05, 0.1) is 13.3 Å². The lowest BCUT2D eigenvalue weighted by atomic mass is 10.0. The summed E-state index contributed by atoms with van der Waals surface area (Å²) in [5, 5.41) is 2.11. The number of carbonyl (C=O) groups excluding carboxylic acids is 2. The smallest absolute Gasteiger partial charge is 0.452 e. The summed E-state index contributed by atoms with van der Waals surface area (Å²) in [6.45, 7) is -0.700. The van der Waals surface area contributed by atoms with E-state index in [1.807, 2.05) is 0 Å².